The smallest absolute Gasteiger partial charge is 0.135 e. The first-order chi connectivity index (χ1) is 23.8. The van der Waals surface area contributed by atoms with Crippen molar-refractivity contribution in [3.05, 3.63) is 204 Å². The zero-order valence-corrected chi connectivity index (χ0v) is 26.2. The molecule has 0 saturated heterocycles. The van der Waals surface area contributed by atoms with Gasteiger partial charge >= 0.3 is 0 Å². The fourth-order valence-electron chi connectivity index (χ4n) is 8.13. The summed E-state index contributed by atoms with van der Waals surface area (Å²) in [5, 5.41) is 4.76. The number of benzene rings is 8. The highest BCUT2D eigenvalue weighted by Crippen LogP contribution is 2.56. The molecule has 0 atom stereocenters. The van der Waals surface area contributed by atoms with Crippen LogP contribution in [-0.2, 0) is 5.41 Å². The van der Waals surface area contributed by atoms with Crippen LogP contribution in [0.3, 0.4) is 0 Å². The van der Waals surface area contributed by atoms with Crippen LogP contribution in [0.4, 0.5) is 0 Å². The van der Waals surface area contributed by atoms with Crippen molar-refractivity contribution in [2.75, 3.05) is 0 Å². The summed E-state index contributed by atoms with van der Waals surface area (Å²) in [6, 6.07) is 66.5. The minimum Gasteiger partial charge on any atom is -0.456 e. The fraction of sp³-hybridized carbons (Fsp3) is 0.0213. The number of para-hydroxylation sites is 1. The molecule has 1 aromatic heterocycles. The maximum absolute atomic E-state index is 6.08. The number of furan rings is 1. The molecule has 0 amide bonds. The van der Waals surface area contributed by atoms with Crippen LogP contribution in [0.15, 0.2) is 186 Å². The van der Waals surface area contributed by atoms with Gasteiger partial charge in [0, 0.05) is 10.8 Å². The average Bonchev–Trinajstić information content (AvgIpc) is 3.68. The lowest BCUT2D eigenvalue weighted by atomic mass is 9.67. The van der Waals surface area contributed by atoms with Gasteiger partial charge in [-0.2, -0.15) is 0 Å². The van der Waals surface area contributed by atoms with E-state index in [1.807, 2.05) is 12.1 Å². The minimum atomic E-state index is -0.405. The standard InChI is InChI=1S/C47H30O/c1-3-11-37(12-4-1)47(38-13-5-2-6-14-38)43-17-9-7-15-39(43)40-25-23-36(30-44(40)47)34-22-20-31-27-33(21-19-32(31)28-34)35-24-26-46-42(29-35)41-16-8-10-18-45(41)48-46/h1-30H. The van der Waals surface area contributed by atoms with E-state index in [4.69, 9.17) is 4.42 Å². The first kappa shape index (κ1) is 27.0. The lowest BCUT2D eigenvalue weighted by molar-refractivity contribution is 0.669. The summed E-state index contributed by atoms with van der Waals surface area (Å²) >= 11 is 0. The zero-order chi connectivity index (χ0) is 31.7. The predicted molar refractivity (Wildman–Crippen MR) is 199 cm³/mol. The van der Waals surface area contributed by atoms with Crippen molar-refractivity contribution in [2.24, 2.45) is 0 Å². The third-order valence-corrected chi connectivity index (χ3v) is 10.3. The third-order valence-electron chi connectivity index (χ3n) is 10.3. The molecule has 0 radical (unpaired) electrons. The van der Waals surface area contributed by atoms with Crippen LogP contribution in [0, 0.1) is 0 Å². The van der Waals surface area contributed by atoms with Crippen LogP contribution in [0.5, 0.6) is 0 Å². The lowest BCUT2D eigenvalue weighted by Gasteiger charge is -2.34. The molecule has 10 rings (SSSR count). The molecule has 0 fully saturated rings. The van der Waals surface area contributed by atoms with E-state index in [2.05, 4.69) is 170 Å². The van der Waals surface area contributed by atoms with E-state index in [0.29, 0.717) is 0 Å². The molecule has 0 bridgehead atoms. The van der Waals surface area contributed by atoms with E-state index in [-0.39, 0.29) is 0 Å². The van der Waals surface area contributed by atoms with Crippen LogP contribution in [0.1, 0.15) is 22.3 Å². The van der Waals surface area contributed by atoms with Crippen LogP contribution in [0.2, 0.25) is 0 Å². The molecular weight excluding hydrogens is 581 g/mol. The molecular formula is C47H30O. The Morgan fingerprint density at radius 1 is 0.333 bits per heavy atom. The molecule has 0 saturated carbocycles. The number of hydrogen-bond acceptors (Lipinski definition) is 1. The van der Waals surface area contributed by atoms with Crippen molar-refractivity contribution < 1.29 is 4.42 Å². The van der Waals surface area contributed by atoms with Gasteiger partial charge in [0.25, 0.3) is 0 Å². The average molecular weight is 611 g/mol. The van der Waals surface area contributed by atoms with Crippen molar-refractivity contribution in [3.63, 3.8) is 0 Å². The Bertz CT molecular complexity index is 2620. The van der Waals surface area contributed by atoms with Crippen molar-refractivity contribution >= 4 is 32.7 Å². The first-order valence-corrected chi connectivity index (χ1v) is 16.6. The highest BCUT2D eigenvalue weighted by Gasteiger charge is 2.46. The summed E-state index contributed by atoms with van der Waals surface area (Å²) in [5.41, 5.74) is 14.1. The molecule has 1 aliphatic rings. The van der Waals surface area contributed by atoms with Crippen molar-refractivity contribution in [3.8, 4) is 33.4 Å². The summed E-state index contributed by atoms with van der Waals surface area (Å²) < 4.78 is 6.08. The Labute approximate surface area is 279 Å². The molecule has 1 aliphatic carbocycles. The molecule has 0 aliphatic heterocycles. The highest BCUT2D eigenvalue weighted by atomic mass is 16.3. The Kier molecular flexibility index (Phi) is 5.86. The van der Waals surface area contributed by atoms with Gasteiger partial charge in [-0.1, -0.05) is 146 Å². The molecule has 8 aromatic carbocycles. The van der Waals surface area contributed by atoms with Crippen molar-refractivity contribution in [2.45, 2.75) is 5.41 Å². The largest absolute Gasteiger partial charge is 0.456 e. The molecule has 1 heteroatoms. The first-order valence-electron chi connectivity index (χ1n) is 16.6. The van der Waals surface area contributed by atoms with Crippen LogP contribution in [-0.4, -0.2) is 0 Å². The topological polar surface area (TPSA) is 13.1 Å². The number of hydrogen-bond donors (Lipinski definition) is 0. The Morgan fingerprint density at radius 3 is 1.58 bits per heavy atom. The number of rotatable bonds is 4. The summed E-state index contributed by atoms with van der Waals surface area (Å²) in [4.78, 5) is 0. The molecule has 1 heterocycles. The molecule has 0 N–H and O–H groups in total. The van der Waals surface area contributed by atoms with E-state index in [1.165, 1.54) is 66.4 Å². The van der Waals surface area contributed by atoms with E-state index < -0.39 is 5.41 Å². The second-order valence-electron chi connectivity index (χ2n) is 12.9. The summed E-state index contributed by atoms with van der Waals surface area (Å²) in [6.45, 7) is 0. The van der Waals surface area contributed by atoms with Gasteiger partial charge in [-0.15, -0.1) is 0 Å². The van der Waals surface area contributed by atoms with Gasteiger partial charge in [0.1, 0.15) is 11.2 Å². The molecule has 224 valence electrons. The summed E-state index contributed by atoms with van der Waals surface area (Å²) in [6.07, 6.45) is 0. The van der Waals surface area contributed by atoms with E-state index in [9.17, 15) is 0 Å². The minimum absolute atomic E-state index is 0.405. The fourth-order valence-corrected chi connectivity index (χ4v) is 8.13. The number of fused-ring (bicyclic) bond motifs is 7. The summed E-state index contributed by atoms with van der Waals surface area (Å²) in [5.74, 6) is 0. The van der Waals surface area contributed by atoms with Gasteiger partial charge in [-0.25, -0.2) is 0 Å². The van der Waals surface area contributed by atoms with Crippen LogP contribution < -0.4 is 0 Å². The second-order valence-corrected chi connectivity index (χ2v) is 12.9. The maximum atomic E-state index is 6.08. The Hall–Kier alpha value is -6.18. The van der Waals surface area contributed by atoms with E-state index >= 15 is 0 Å². The SMILES string of the molecule is c1ccc(C2(c3ccccc3)c3ccccc3-c3ccc(-c4ccc5cc(-c6ccc7oc8ccccc8c7c6)ccc5c4)cc32)cc1. The zero-order valence-electron chi connectivity index (χ0n) is 26.2. The normalized spacial score (nSPS) is 13.2. The molecule has 1 nitrogen and oxygen atoms in total. The monoisotopic (exact) mass is 610 g/mol. The Morgan fingerprint density at radius 2 is 0.854 bits per heavy atom. The highest BCUT2D eigenvalue weighted by molar-refractivity contribution is 6.06. The van der Waals surface area contributed by atoms with Crippen LogP contribution >= 0.6 is 0 Å². The van der Waals surface area contributed by atoms with Crippen molar-refractivity contribution in [1.82, 2.24) is 0 Å². The van der Waals surface area contributed by atoms with Gasteiger partial charge in [0.2, 0.25) is 0 Å². The van der Waals surface area contributed by atoms with Gasteiger partial charge in [0.05, 0.1) is 5.41 Å². The van der Waals surface area contributed by atoms with Gasteiger partial charge in [-0.05, 0) is 103 Å². The van der Waals surface area contributed by atoms with Crippen LogP contribution in [0.25, 0.3) is 66.1 Å². The molecule has 9 aromatic rings. The van der Waals surface area contributed by atoms with E-state index in [0.717, 1.165) is 21.9 Å². The quantitative estimate of drug-likeness (QED) is 0.193. The second kappa shape index (κ2) is 10.4. The predicted octanol–water partition coefficient (Wildman–Crippen LogP) is 12.4. The van der Waals surface area contributed by atoms with Crippen molar-refractivity contribution in [1.29, 1.82) is 0 Å². The van der Waals surface area contributed by atoms with Gasteiger partial charge in [-0.3, -0.25) is 0 Å². The Balaban J connectivity index is 1.10. The molecule has 0 unspecified atom stereocenters. The molecule has 48 heavy (non-hydrogen) atoms. The van der Waals surface area contributed by atoms with Gasteiger partial charge in [0.15, 0.2) is 0 Å². The van der Waals surface area contributed by atoms with E-state index in [1.54, 1.807) is 0 Å². The summed E-state index contributed by atoms with van der Waals surface area (Å²) in [7, 11) is 0. The van der Waals surface area contributed by atoms with Gasteiger partial charge < -0.3 is 4.42 Å². The lowest BCUT2D eigenvalue weighted by Crippen LogP contribution is -2.28. The molecule has 0 spiro atoms. The third kappa shape index (κ3) is 3.91. The maximum Gasteiger partial charge on any atom is 0.135 e.